The molecule has 0 aliphatic rings. The second-order valence-corrected chi connectivity index (χ2v) is 7.13. The highest BCUT2D eigenvalue weighted by Gasteiger charge is 2.09. The van der Waals surface area contributed by atoms with Crippen LogP contribution in [0, 0.1) is 0 Å². The summed E-state index contributed by atoms with van der Waals surface area (Å²) in [4.78, 5) is 20.1. The van der Waals surface area contributed by atoms with Gasteiger partial charge in [-0.2, -0.15) is 0 Å². The third-order valence-electron chi connectivity index (χ3n) is 3.22. The molecular formula is C15H15N5O3S. The molecule has 0 atom stereocenters. The Morgan fingerprint density at radius 2 is 2.08 bits per heavy atom. The van der Waals surface area contributed by atoms with E-state index < -0.39 is 15.9 Å². The molecule has 2 N–H and O–H groups in total. The Bertz CT molecular complexity index is 947. The number of carbonyl (C=O) groups excluding carboxylic acids is 1. The van der Waals surface area contributed by atoms with Crippen LogP contribution in [0.2, 0.25) is 0 Å². The molecule has 0 fully saturated rings. The largest absolute Gasteiger partial charge is 0.332 e. The molecular weight excluding hydrogens is 330 g/mol. The number of sulfone groups is 1. The van der Waals surface area contributed by atoms with Crippen molar-refractivity contribution < 1.29 is 13.2 Å². The molecule has 0 saturated heterocycles. The van der Waals surface area contributed by atoms with Gasteiger partial charge in [-0.1, -0.05) is 6.07 Å². The zero-order valence-corrected chi connectivity index (χ0v) is 13.6. The number of hydrogen-bond acceptors (Lipinski definition) is 5. The molecule has 3 aromatic heterocycles. The number of imidazole rings is 1. The van der Waals surface area contributed by atoms with Gasteiger partial charge in [-0.3, -0.25) is 0 Å². The lowest BCUT2D eigenvalue weighted by atomic mass is 10.4. The number of rotatable bonds is 4. The predicted molar refractivity (Wildman–Crippen MR) is 88.4 cm³/mol. The van der Waals surface area contributed by atoms with Crippen molar-refractivity contribution in [3.63, 3.8) is 0 Å². The van der Waals surface area contributed by atoms with Gasteiger partial charge in [0.05, 0.1) is 24.1 Å². The molecule has 0 saturated carbocycles. The quantitative estimate of drug-likeness (QED) is 0.744. The molecule has 24 heavy (non-hydrogen) atoms. The van der Waals surface area contributed by atoms with E-state index in [-0.39, 0.29) is 11.6 Å². The molecule has 3 aromatic rings. The lowest BCUT2D eigenvalue weighted by molar-refractivity contribution is 0.251. The van der Waals surface area contributed by atoms with Crippen LogP contribution >= 0.6 is 0 Å². The van der Waals surface area contributed by atoms with Crippen molar-refractivity contribution in [3.8, 4) is 0 Å². The minimum Gasteiger partial charge on any atom is -0.332 e. The Hall–Kier alpha value is -2.94. The maximum Gasteiger partial charge on any atom is 0.319 e. The van der Waals surface area contributed by atoms with E-state index in [1.165, 1.54) is 18.3 Å². The van der Waals surface area contributed by atoms with Gasteiger partial charge in [-0.25, -0.2) is 23.2 Å². The number of anilines is 1. The van der Waals surface area contributed by atoms with Crippen molar-refractivity contribution in [1.29, 1.82) is 0 Å². The number of pyridine rings is 2. The van der Waals surface area contributed by atoms with E-state index in [2.05, 4.69) is 20.6 Å². The first-order valence-electron chi connectivity index (χ1n) is 7.05. The van der Waals surface area contributed by atoms with Gasteiger partial charge in [0, 0.05) is 18.6 Å². The van der Waals surface area contributed by atoms with E-state index in [0.29, 0.717) is 5.69 Å². The van der Waals surface area contributed by atoms with Crippen LogP contribution in [-0.4, -0.2) is 35.1 Å². The van der Waals surface area contributed by atoms with Crippen LogP contribution in [0.15, 0.2) is 53.9 Å². The van der Waals surface area contributed by atoms with E-state index >= 15 is 0 Å². The highest BCUT2D eigenvalue weighted by atomic mass is 32.2. The minimum atomic E-state index is -3.36. The number of carbonyl (C=O) groups is 1. The van der Waals surface area contributed by atoms with E-state index in [0.717, 1.165) is 17.6 Å². The topological polar surface area (TPSA) is 105 Å². The van der Waals surface area contributed by atoms with Gasteiger partial charge >= 0.3 is 6.03 Å². The lowest BCUT2D eigenvalue weighted by Gasteiger charge is -2.06. The third kappa shape index (κ3) is 3.69. The summed E-state index contributed by atoms with van der Waals surface area (Å²) < 4.78 is 24.5. The summed E-state index contributed by atoms with van der Waals surface area (Å²) in [6.07, 6.45) is 6.07. The maximum absolute atomic E-state index is 11.9. The summed E-state index contributed by atoms with van der Waals surface area (Å²) in [5.41, 5.74) is 1.92. The zero-order chi connectivity index (χ0) is 17.2. The Kier molecular flexibility index (Phi) is 4.17. The maximum atomic E-state index is 11.9. The number of nitrogens with one attached hydrogen (secondary N) is 2. The number of hydrogen-bond donors (Lipinski definition) is 2. The van der Waals surface area contributed by atoms with E-state index in [1.54, 1.807) is 0 Å². The lowest BCUT2D eigenvalue weighted by Crippen LogP contribution is -2.28. The molecule has 9 heteroatoms. The summed E-state index contributed by atoms with van der Waals surface area (Å²) in [6.45, 7) is 0.266. The summed E-state index contributed by atoms with van der Waals surface area (Å²) in [7, 11) is -3.36. The molecule has 0 radical (unpaired) electrons. The highest BCUT2D eigenvalue weighted by molar-refractivity contribution is 7.90. The number of urea groups is 1. The zero-order valence-electron chi connectivity index (χ0n) is 12.8. The van der Waals surface area contributed by atoms with Crippen molar-refractivity contribution in [2.45, 2.75) is 11.6 Å². The van der Waals surface area contributed by atoms with Gasteiger partial charge in [-0.15, -0.1) is 0 Å². The van der Waals surface area contributed by atoms with Crippen LogP contribution < -0.4 is 10.6 Å². The molecule has 0 spiro atoms. The molecule has 0 aliphatic heterocycles. The molecule has 2 amide bonds. The third-order valence-corrected chi connectivity index (χ3v) is 4.22. The van der Waals surface area contributed by atoms with Gasteiger partial charge in [-0.05, 0) is 24.3 Å². The average molecular weight is 345 g/mol. The van der Waals surface area contributed by atoms with Crippen molar-refractivity contribution in [2.24, 2.45) is 0 Å². The number of nitrogens with zero attached hydrogens (tertiary/aromatic N) is 3. The predicted octanol–water partition coefficient (Wildman–Crippen LogP) is 1.45. The monoisotopic (exact) mass is 345 g/mol. The molecule has 0 unspecified atom stereocenters. The fraction of sp³-hybridized carbons (Fsp3) is 0.133. The smallest absolute Gasteiger partial charge is 0.319 e. The van der Waals surface area contributed by atoms with E-state index in [4.69, 9.17) is 0 Å². The van der Waals surface area contributed by atoms with Gasteiger partial charge in [0.1, 0.15) is 5.65 Å². The number of aromatic nitrogens is 3. The fourth-order valence-electron chi connectivity index (χ4n) is 2.09. The molecule has 3 heterocycles. The van der Waals surface area contributed by atoms with Crippen LogP contribution in [0.1, 0.15) is 5.69 Å². The first-order chi connectivity index (χ1) is 11.4. The Balaban J connectivity index is 1.59. The Labute approximate surface area is 138 Å². The summed E-state index contributed by atoms with van der Waals surface area (Å²) in [5.74, 6) is 0. The van der Waals surface area contributed by atoms with Gasteiger partial charge in [0.15, 0.2) is 14.9 Å². The Morgan fingerprint density at radius 1 is 1.25 bits per heavy atom. The summed E-state index contributed by atoms with van der Waals surface area (Å²) in [6, 6.07) is 8.05. The number of amides is 2. The second-order valence-electron chi connectivity index (χ2n) is 5.16. The van der Waals surface area contributed by atoms with Crippen LogP contribution in [-0.2, 0) is 16.4 Å². The SMILES string of the molecule is CS(=O)(=O)c1ccc(NC(=O)NCc2cn3ccccc3n2)cn1. The van der Waals surface area contributed by atoms with Crippen molar-refractivity contribution in [1.82, 2.24) is 19.7 Å². The molecule has 8 nitrogen and oxygen atoms in total. The molecule has 124 valence electrons. The van der Waals surface area contributed by atoms with Gasteiger partial charge < -0.3 is 15.0 Å². The minimum absolute atomic E-state index is 0.0434. The van der Waals surface area contributed by atoms with Gasteiger partial charge in [0.2, 0.25) is 0 Å². The van der Waals surface area contributed by atoms with Crippen molar-refractivity contribution in [3.05, 3.63) is 54.6 Å². The molecule has 0 bridgehead atoms. The van der Waals surface area contributed by atoms with Crippen molar-refractivity contribution in [2.75, 3.05) is 11.6 Å². The van der Waals surface area contributed by atoms with Crippen molar-refractivity contribution >= 4 is 27.2 Å². The first kappa shape index (κ1) is 15.9. The molecule has 0 aliphatic carbocycles. The highest BCUT2D eigenvalue weighted by Crippen LogP contribution is 2.10. The van der Waals surface area contributed by atoms with E-state index in [1.807, 2.05) is 35.0 Å². The summed E-state index contributed by atoms with van der Waals surface area (Å²) >= 11 is 0. The second kappa shape index (κ2) is 6.28. The van der Waals surface area contributed by atoms with Crippen LogP contribution in [0.3, 0.4) is 0 Å². The standard InChI is InChI=1S/C15H15N5O3S/c1-24(22,23)14-6-5-11(8-16-14)19-15(21)17-9-12-10-20-7-3-2-4-13(20)18-12/h2-8,10H,9H2,1H3,(H2,17,19,21). The fourth-order valence-corrected chi connectivity index (χ4v) is 2.65. The Morgan fingerprint density at radius 3 is 2.75 bits per heavy atom. The average Bonchev–Trinajstić information content (AvgIpc) is 2.95. The summed E-state index contributed by atoms with van der Waals surface area (Å²) in [5, 5.41) is 5.22. The van der Waals surface area contributed by atoms with Crippen LogP contribution in [0.5, 0.6) is 0 Å². The first-order valence-corrected chi connectivity index (χ1v) is 8.94. The van der Waals surface area contributed by atoms with Crippen LogP contribution in [0.25, 0.3) is 5.65 Å². The van der Waals surface area contributed by atoms with Crippen LogP contribution in [0.4, 0.5) is 10.5 Å². The number of fused-ring (bicyclic) bond motifs is 1. The molecule has 0 aromatic carbocycles. The molecule has 3 rings (SSSR count). The normalized spacial score (nSPS) is 11.4. The van der Waals surface area contributed by atoms with E-state index in [9.17, 15) is 13.2 Å². The van der Waals surface area contributed by atoms with Gasteiger partial charge in [0.25, 0.3) is 0 Å².